The number of halogens is 1. The monoisotopic (exact) mass is 308 g/mol. The van der Waals surface area contributed by atoms with Gasteiger partial charge in [0.1, 0.15) is 0 Å². The van der Waals surface area contributed by atoms with E-state index in [1.807, 2.05) is 18.2 Å². The van der Waals surface area contributed by atoms with Crippen LogP contribution in [0.5, 0.6) is 0 Å². The van der Waals surface area contributed by atoms with E-state index in [2.05, 4.69) is 23.6 Å². The lowest BCUT2D eigenvalue weighted by Gasteiger charge is -2.40. The average Bonchev–Trinajstić information content (AvgIpc) is 2.45. The minimum atomic E-state index is -0.959. The van der Waals surface area contributed by atoms with Crippen LogP contribution in [0.15, 0.2) is 24.3 Å². The lowest BCUT2D eigenvalue weighted by atomic mass is 10.1. The van der Waals surface area contributed by atoms with E-state index in [0.717, 1.165) is 43.5 Å². The molecule has 1 aromatic carbocycles. The summed E-state index contributed by atoms with van der Waals surface area (Å²) in [6, 6.07) is 6.19. The molecule has 5 heteroatoms. The summed E-state index contributed by atoms with van der Waals surface area (Å²) in [4.78, 5) is 15.3. The first-order chi connectivity index (χ1) is 10.0. The highest BCUT2D eigenvalue weighted by atomic mass is 35.5. The van der Waals surface area contributed by atoms with Crippen molar-refractivity contribution in [2.75, 3.05) is 31.1 Å². The summed E-state index contributed by atoms with van der Waals surface area (Å²) < 4.78 is 0. The maximum absolute atomic E-state index is 10.5. The Balaban J connectivity index is 2.13. The van der Waals surface area contributed by atoms with Crippen LogP contribution in [0.2, 0.25) is 5.02 Å². The van der Waals surface area contributed by atoms with Gasteiger partial charge in [-0.25, -0.2) is 4.79 Å². The van der Waals surface area contributed by atoms with Gasteiger partial charge in [-0.05, 0) is 37.2 Å². The van der Waals surface area contributed by atoms with E-state index in [-0.39, 0.29) is 0 Å². The van der Waals surface area contributed by atoms with Crippen LogP contribution in [0.3, 0.4) is 0 Å². The predicted octanol–water partition coefficient (Wildman–Crippen LogP) is 2.97. The lowest BCUT2D eigenvalue weighted by molar-refractivity contribution is -0.131. The lowest BCUT2D eigenvalue weighted by Crippen LogP contribution is -2.51. The third-order valence-electron chi connectivity index (χ3n) is 3.90. The van der Waals surface area contributed by atoms with Crippen LogP contribution in [-0.4, -0.2) is 48.2 Å². The second kappa shape index (κ2) is 6.96. The van der Waals surface area contributed by atoms with Crippen molar-refractivity contribution in [2.45, 2.75) is 19.9 Å². The van der Waals surface area contributed by atoms with E-state index in [9.17, 15) is 4.79 Å². The van der Waals surface area contributed by atoms with E-state index in [1.165, 1.54) is 0 Å². The summed E-state index contributed by atoms with van der Waals surface area (Å²) in [5, 5.41) is 9.31. The number of carboxylic acids is 1. The van der Waals surface area contributed by atoms with Gasteiger partial charge >= 0.3 is 5.97 Å². The van der Waals surface area contributed by atoms with Gasteiger partial charge in [-0.15, -0.1) is 0 Å². The Morgan fingerprint density at radius 3 is 2.81 bits per heavy atom. The molecule has 0 spiro atoms. The average molecular weight is 309 g/mol. The Kier molecular flexibility index (Phi) is 5.26. The molecule has 1 heterocycles. The van der Waals surface area contributed by atoms with Crippen molar-refractivity contribution >= 4 is 29.3 Å². The quantitative estimate of drug-likeness (QED) is 0.869. The largest absolute Gasteiger partial charge is 0.478 e. The van der Waals surface area contributed by atoms with E-state index >= 15 is 0 Å². The molecule has 1 N–H and O–H groups in total. The topological polar surface area (TPSA) is 43.8 Å². The fraction of sp³-hybridized carbons (Fsp3) is 0.438. The number of aliphatic carboxylic acids is 1. The van der Waals surface area contributed by atoms with E-state index < -0.39 is 5.97 Å². The number of piperazine rings is 1. The Bertz CT molecular complexity index is 545. The molecule has 114 valence electrons. The molecule has 0 aliphatic carbocycles. The third kappa shape index (κ3) is 3.99. The van der Waals surface area contributed by atoms with Gasteiger partial charge in [0.25, 0.3) is 0 Å². The maximum Gasteiger partial charge on any atom is 0.328 e. The minimum Gasteiger partial charge on any atom is -0.478 e. The maximum atomic E-state index is 10.5. The highest BCUT2D eigenvalue weighted by molar-refractivity contribution is 6.33. The molecule has 1 unspecified atom stereocenters. The number of carboxylic acid groups (broad SMARTS) is 1. The second-order valence-corrected chi connectivity index (χ2v) is 5.71. The molecule has 0 amide bonds. The normalized spacial score (nSPS) is 20.1. The Hall–Kier alpha value is -1.52. The number of anilines is 1. The molecule has 4 nitrogen and oxygen atoms in total. The van der Waals surface area contributed by atoms with E-state index in [4.69, 9.17) is 16.7 Å². The molecule has 1 aromatic rings. The second-order valence-electron chi connectivity index (χ2n) is 5.31. The molecular formula is C16H21ClN2O2. The van der Waals surface area contributed by atoms with Gasteiger partial charge in [0.05, 0.1) is 10.7 Å². The summed E-state index contributed by atoms with van der Waals surface area (Å²) in [5.41, 5.74) is 1.82. The first-order valence-corrected chi connectivity index (χ1v) is 7.58. The van der Waals surface area contributed by atoms with Gasteiger partial charge in [-0.2, -0.15) is 0 Å². The molecule has 1 aliphatic heterocycles. The number of nitrogens with zero attached hydrogens (tertiary/aromatic N) is 2. The van der Waals surface area contributed by atoms with Crippen LogP contribution in [0.25, 0.3) is 6.08 Å². The summed E-state index contributed by atoms with van der Waals surface area (Å²) in [6.07, 6.45) is 2.67. The molecule has 1 aliphatic rings. The van der Waals surface area contributed by atoms with Crippen molar-refractivity contribution in [1.82, 2.24) is 4.90 Å². The van der Waals surface area contributed by atoms with Crippen molar-refractivity contribution in [3.63, 3.8) is 0 Å². The van der Waals surface area contributed by atoms with Crippen LogP contribution in [-0.2, 0) is 4.79 Å². The number of hydrogen-bond donors (Lipinski definition) is 1. The van der Waals surface area contributed by atoms with E-state index in [0.29, 0.717) is 11.1 Å². The van der Waals surface area contributed by atoms with Crippen LogP contribution in [0.4, 0.5) is 5.69 Å². The van der Waals surface area contributed by atoms with Gasteiger partial charge < -0.3 is 10.0 Å². The smallest absolute Gasteiger partial charge is 0.328 e. The Morgan fingerprint density at radius 1 is 1.48 bits per heavy atom. The highest BCUT2D eigenvalue weighted by Crippen LogP contribution is 2.29. The van der Waals surface area contributed by atoms with Gasteiger partial charge in [0.15, 0.2) is 0 Å². The molecule has 1 saturated heterocycles. The fourth-order valence-corrected chi connectivity index (χ4v) is 3.04. The fourth-order valence-electron chi connectivity index (χ4n) is 2.73. The van der Waals surface area contributed by atoms with Crippen molar-refractivity contribution in [3.8, 4) is 0 Å². The van der Waals surface area contributed by atoms with Crippen molar-refractivity contribution in [1.29, 1.82) is 0 Å². The number of benzene rings is 1. The Labute approximate surface area is 130 Å². The molecule has 0 saturated carbocycles. The molecule has 0 aromatic heterocycles. The zero-order valence-electron chi connectivity index (χ0n) is 12.4. The minimum absolute atomic E-state index is 0.506. The number of hydrogen-bond acceptors (Lipinski definition) is 3. The summed E-state index contributed by atoms with van der Waals surface area (Å²) in [6.45, 7) is 8.44. The molecule has 1 fully saturated rings. The standard InChI is InChI=1S/C16H21ClN2O2/c1-3-18-8-9-19(11-12(18)2)15-6-4-13(10-14(15)17)5-7-16(20)21/h4-7,10,12H,3,8-9,11H2,1-2H3,(H,20,21)/b7-5+. The predicted molar refractivity (Wildman–Crippen MR) is 87.0 cm³/mol. The summed E-state index contributed by atoms with van der Waals surface area (Å²) in [7, 11) is 0. The van der Waals surface area contributed by atoms with Crippen molar-refractivity contribution in [2.24, 2.45) is 0 Å². The molecule has 0 radical (unpaired) electrons. The number of rotatable bonds is 4. The number of carbonyl (C=O) groups is 1. The first-order valence-electron chi connectivity index (χ1n) is 7.20. The van der Waals surface area contributed by atoms with Crippen LogP contribution in [0, 0.1) is 0 Å². The van der Waals surface area contributed by atoms with E-state index in [1.54, 1.807) is 6.08 Å². The zero-order valence-corrected chi connectivity index (χ0v) is 13.2. The summed E-state index contributed by atoms with van der Waals surface area (Å²) in [5.74, 6) is -0.959. The van der Waals surface area contributed by atoms with Gasteiger partial charge in [0.2, 0.25) is 0 Å². The van der Waals surface area contributed by atoms with Gasteiger partial charge in [0, 0.05) is 31.8 Å². The third-order valence-corrected chi connectivity index (χ3v) is 4.20. The molecule has 21 heavy (non-hydrogen) atoms. The highest BCUT2D eigenvalue weighted by Gasteiger charge is 2.23. The molecule has 0 bridgehead atoms. The molecule has 1 atom stereocenters. The van der Waals surface area contributed by atoms with Crippen LogP contribution >= 0.6 is 11.6 Å². The SMILES string of the molecule is CCN1CCN(c2ccc(/C=C/C(=O)O)cc2Cl)CC1C. The molecule has 2 rings (SSSR count). The van der Waals surface area contributed by atoms with Gasteiger partial charge in [-0.3, -0.25) is 4.90 Å². The molecular weight excluding hydrogens is 288 g/mol. The van der Waals surface area contributed by atoms with Crippen LogP contribution < -0.4 is 4.90 Å². The van der Waals surface area contributed by atoms with Crippen LogP contribution in [0.1, 0.15) is 19.4 Å². The van der Waals surface area contributed by atoms with Gasteiger partial charge in [-0.1, -0.05) is 24.6 Å². The number of likely N-dealkylation sites (N-methyl/N-ethyl adjacent to an activating group) is 1. The van der Waals surface area contributed by atoms with Crippen molar-refractivity contribution in [3.05, 3.63) is 34.9 Å². The van der Waals surface area contributed by atoms with Crippen molar-refractivity contribution < 1.29 is 9.90 Å². The Morgan fingerprint density at radius 2 is 2.24 bits per heavy atom. The first kappa shape index (κ1) is 15.9. The zero-order chi connectivity index (χ0) is 15.4. The summed E-state index contributed by atoms with van der Waals surface area (Å²) >= 11 is 6.36.